The number of anilines is 2. The Bertz CT molecular complexity index is 1300. The molecule has 4 N–H and O–H groups in total. The van der Waals surface area contributed by atoms with E-state index in [1.165, 1.54) is 0 Å². The van der Waals surface area contributed by atoms with Crippen LogP contribution >= 0.6 is 0 Å². The number of nitrogens with zero attached hydrogens (tertiary/aromatic N) is 4. The molecular weight excluding hydrogens is 394 g/mol. The first-order valence-corrected chi connectivity index (χ1v) is 9.57. The van der Waals surface area contributed by atoms with Gasteiger partial charge in [0.2, 0.25) is 11.9 Å². The number of nitrogens with two attached hydrogens (primary N) is 1. The van der Waals surface area contributed by atoms with Crippen LogP contribution in [0.5, 0.6) is 0 Å². The molecule has 0 spiro atoms. The van der Waals surface area contributed by atoms with Gasteiger partial charge in [-0.2, -0.15) is 0 Å². The van der Waals surface area contributed by atoms with Crippen LogP contribution in [-0.4, -0.2) is 39.9 Å². The third kappa shape index (κ3) is 4.20. The molecule has 0 fully saturated rings. The molecule has 0 bridgehead atoms. The highest BCUT2D eigenvalue weighted by Gasteiger charge is 2.12. The van der Waals surface area contributed by atoms with E-state index >= 15 is 0 Å². The van der Waals surface area contributed by atoms with Crippen LogP contribution in [0.2, 0.25) is 0 Å². The van der Waals surface area contributed by atoms with Crippen LogP contribution in [0.25, 0.3) is 22.0 Å². The Hall–Kier alpha value is -4.27. The number of aromatic amines is 1. The molecule has 0 unspecified atom stereocenters. The molecule has 31 heavy (non-hydrogen) atoms. The van der Waals surface area contributed by atoms with Crippen LogP contribution in [0, 0.1) is 0 Å². The van der Waals surface area contributed by atoms with Crippen molar-refractivity contribution in [3.63, 3.8) is 0 Å². The number of fused-ring (bicyclic) bond motifs is 1. The van der Waals surface area contributed by atoms with Gasteiger partial charge in [-0.25, -0.2) is 15.0 Å². The summed E-state index contributed by atoms with van der Waals surface area (Å²) in [6.45, 7) is 0.412. The highest BCUT2D eigenvalue weighted by molar-refractivity contribution is 5.94. The SMILES string of the molecule is CN(C)c1ncc(-c2cc3cc[nH]c(=O)c3c(NCc3ccc(C(N)=O)cc3)n2)cn1. The minimum atomic E-state index is -0.478. The molecule has 0 radical (unpaired) electrons. The summed E-state index contributed by atoms with van der Waals surface area (Å²) < 4.78 is 0. The first-order valence-electron chi connectivity index (χ1n) is 9.57. The van der Waals surface area contributed by atoms with Crippen molar-refractivity contribution in [2.24, 2.45) is 5.73 Å². The lowest BCUT2D eigenvalue weighted by molar-refractivity contribution is 0.100. The minimum Gasteiger partial charge on any atom is -0.366 e. The third-order valence-electron chi connectivity index (χ3n) is 4.79. The van der Waals surface area contributed by atoms with Gasteiger partial charge >= 0.3 is 0 Å². The van der Waals surface area contributed by atoms with Gasteiger partial charge in [-0.05, 0) is 35.2 Å². The van der Waals surface area contributed by atoms with E-state index in [-0.39, 0.29) is 5.56 Å². The minimum absolute atomic E-state index is 0.234. The smallest absolute Gasteiger partial charge is 0.259 e. The van der Waals surface area contributed by atoms with E-state index in [0.717, 1.165) is 16.5 Å². The van der Waals surface area contributed by atoms with Crippen LogP contribution in [0.15, 0.2) is 59.8 Å². The predicted molar refractivity (Wildman–Crippen MR) is 120 cm³/mol. The summed E-state index contributed by atoms with van der Waals surface area (Å²) >= 11 is 0. The molecule has 1 amide bonds. The number of rotatable bonds is 6. The second kappa shape index (κ2) is 8.23. The van der Waals surface area contributed by atoms with Crippen LogP contribution in [0.4, 0.5) is 11.8 Å². The van der Waals surface area contributed by atoms with Crippen LogP contribution in [0.3, 0.4) is 0 Å². The number of amides is 1. The molecule has 3 aromatic heterocycles. The largest absolute Gasteiger partial charge is 0.366 e. The first-order chi connectivity index (χ1) is 14.9. The summed E-state index contributed by atoms with van der Waals surface area (Å²) in [7, 11) is 3.74. The molecule has 4 aromatic rings. The van der Waals surface area contributed by atoms with Crippen LogP contribution < -0.4 is 21.5 Å². The van der Waals surface area contributed by atoms with Crippen molar-refractivity contribution in [3.8, 4) is 11.3 Å². The van der Waals surface area contributed by atoms with Crippen molar-refractivity contribution in [2.75, 3.05) is 24.3 Å². The second-order valence-electron chi connectivity index (χ2n) is 7.21. The van der Waals surface area contributed by atoms with Crippen LogP contribution in [0.1, 0.15) is 15.9 Å². The molecule has 9 heteroatoms. The summed E-state index contributed by atoms with van der Waals surface area (Å²) in [6.07, 6.45) is 5.01. The topological polar surface area (TPSA) is 130 Å². The second-order valence-corrected chi connectivity index (χ2v) is 7.21. The fourth-order valence-electron chi connectivity index (χ4n) is 3.15. The van der Waals surface area contributed by atoms with E-state index in [1.54, 1.807) is 42.9 Å². The summed E-state index contributed by atoms with van der Waals surface area (Å²) in [5.41, 5.74) is 7.79. The van der Waals surface area contributed by atoms with E-state index in [2.05, 4.69) is 25.3 Å². The first kappa shape index (κ1) is 20.0. The molecule has 0 saturated carbocycles. The van der Waals surface area contributed by atoms with E-state index in [4.69, 9.17) is 5.73 Å². The van der Waals surface area contributed by atoms with E-state index in [0.29, 0.717) is 35.0 Å². The van der Waals surface area contributed by atoms with Crippen molar-refractivity contribution in [1.29, 1.82) is 0 Å². The number of hydrogen-bond acceptors (Lipinski definition) is 7. The van der Waals surface area contributed by atoms with Gasteiger partial charge in [0.1, 0.15) is 5.82 Å². The molecule has 156 valence electrons. The number of benzene rings is 1. The summed E-state index contributed by atoms with van der Waals surface area (Å²) in [5.74, 6) is 0.567. The highest BCUT2D eigenvalue weighted by atomic mass is 16.1. The zero-order chi connectivity index (χ0) is 22.0. The normalized spacial score (nSPS) is 10.8. The standard InChI is InChI=1S/C22H21N7O2/c1-29(2)22-26-11-16(12-27-22)17-9-15-7-8-24-21(31)18(15)20(28-17)25-10-13-3-5-14(6-4-13)19(23)30/h3-9,11-12H,10H2,1-2H3,(H2,23,30)(H,24,31)(H,25,28). The Kier molecular flexibility index (Phi) is 5.31. The Morgan fingerprint density at radius 1 is 1.13 bits per heavy atom. The number of primary amides is 1. The number of carbonyl (C=O) groups excluding carboxylic acids is 1. The van der Waals surface area contributed by atoms with E-state index in [1.807, 2.05) is 31.1 Å². The zero-order valence-electron chi connectivity index (χ0n) is 17.1. The monoisotopic (exact) mass is 415 g/mol. The van der Waals surface area contributed by atoms with Gasteiger partial charge < -0.3 is 20.9 Å². The fraction of sp³-hybridized carbons (Fsp3) is 0.136. The van der Waals surface area contributed by atoms with Crippen molar-refractivity contribution in [2.45, 2.75) is 6.54 Å². The van der Waals surface area contributed by atoms with Gasteiger partial charge in [0.25, 0.3) is 5.56 Å². The van der Waals surface area contributed by atoms with Gasteiger partial charge in [-0.1, -0.05) is 12.1 Å². The van der Waals surface area contributed by atoms with Gasteiger partial charge in [0.15, 0.2) is 0 Å². The Morgan fingerprint density at radius 2 is 1.84 bits per heavy atom. The third-order valence-corrected chi connectivity index (χ3v) is 4.79. The number of carbonyl (C=O) groups is 1. The van der Waals surface area contributed by atoms with Gasteiger partial charge in [0.05, 0.1) is 11.1 Å². The van der Waals surface area contributed by atoms with E-state index < -0.39 is 5.91 Å². The Balaban J connectivity index is 1.70. The molecule has 0 atom stereocenters. The molecule has 3 heterocycles. The fourth-order valence-corrected chi connectivity index (χ4v) is 3.15. The lowest BCUT2D eigenvalue weighted by Gasteiger charge is -2.12. The van der Waals surface area contributed by atoms with Crippen molar-refractivity contribution in [1.82, 2.24) is 19.9 Å². The van der Waals surface area contributed by atoms with Gasteiger partial charge in [-0.15, -0.1) is 0 Å². The number of nitrogens with one attached hydrogen (secondary N) is 2. The summed E-state index contributed by atoms with van der Waals surface area (Å²) in [4.78, 5) is 41.6. The average molecular weight is 415 g/mol. The molecule has 0 aliphatic carbocycles. The number of pyridine rings is 2. The maximum Gasteiger partial charge on any atom is 0.259 e. The highest BCUT2D eigenvalue weighted by Crippen LogP contribution is 2.26. The number of aromatic nitrogens is 4. The molecule has 4 rings (SSSR count). The van der Waals surface area contributed by atoms with Crippen molar-refractivity contribution < 1.29 is 4.79 Å². The Morgan fingerprint density at radius 3 is 2.48 bits per heavy atom. The van der Waals surface area contributed by atoms with Gasteiger partial charge in [0, 0.05) is 50.4 Å². The Labute approximate surface area is 178 Å². The molecule has 0 aliphatic rings. The summed E-state index contributed by atoms with van der Waals surface area (Å²) in [5, 5.41) is 4.45. The summed E-state index contributed by atoms with van der Waals surface area (Å²) in [6, 6.07) is 10.6. The number of hydrogen-bond donors (Lipinski definition) is 3. The quantitative estimate of drug-likeness (QED) is 0.440. The molecule has 1 aromatic carbocycles. The van der Waals surface area contributed by atoms with E-state index in [9.17, 15) is 9.59 Å². The molecule has 0 aliphatic heterocycles. The van der Waals surface area contributed by atoms with Crippen LogP contribution in [-0.2, 0) is 6.54 Å². The lowest BCUT2D eigenvalue weighted by atomic mass is 10.1. The van der Waals surface area contributed by atoms with Crippen molar-refractivity contribution >= 4 is 28.4 Å². The molecular formula is C22H21N7O2. The maximum absolute atomic E-state index is 12.5. The number of H-pyrrole nitrogens is 1. The molecule has 9 nitrogen and oxygen atoms in total. The van der Waals surface area contributed by atoms with Gasteiger partial charge in [-0.3, -0.25) is 9.59 Å². The molecule has 0 saturated heterocycles. The van der Waals surface area contributed by atoms with Crippen molar-refractivity contribution in [3.05, 3.63) is 76.5 Å². The zero-order valence-corrected chi connectivity index (χ0v) is 17.1. The average Bonchev–Trinajstić information content (AvgIpc) is 2.77. The lowest BCUT2D eigenvalue weighted by Crippen LogP contribution is -2.13. The predicted octanol–water partition coefficient (Wildman–Crippen LogP) is 2.16. The maximum atomic E-state index is 12.5.